The zero-order valence-electron chi connectivity index (χ0n) is 6.85. The summed E-state index contributed by atoms with van der Waals surface area (Å²) in [7, 11) is 1.74. The van der Waals surface area contributed by atoms with Crippen molar-refractivity contribution in [2.75, 3.05) is 5.75 Å². The summed E-state index contributed by atoms with van der Waals surface area (Å²) in [5.74, 6) is -0.736. The summed E-state index contributed by atoms with van der Waals surface area (Å²) in [5, 5.41) is 12.1. The van der Waals surface area contributed by atoms with Crippen LogP contribution < -0.4 is 0 Å². The number of aromatic nitrogens is 3. The molecule has 0 saturated heterocycles. The van der Waals surface area contributed by atoms with Crippen LogP contribution in [-0.4, -0.2) is 37.0 Å². The molecule has 0 fully saturated rings. The monoisotopic (exact) mass is 221 g/mol. The number of thioether (sulfide) groups is 1. The maximum absolute atomic E-state index is 10.4. The average molecular weight is 222 g/mol. The van der Waals surface area contributed by atoms with Gasteiger partial charge in [0.15, 0.2) is 5.16 Å². The second-order valence-corrected chi connectivity index (χ2v) is 3.80. The highest BCUT2D eigenvalue weighted by Gasteiger charge is 2.14. The van der Waals surface area contributed by atoms with Crippen molar-refractivity contribution in [3.8, 4) is 0 Å². The van der Waals surface area contributed by atoms with Gasteiger partial charge < -0.3 is 5.11 Å². The summed E-state index contributed by atoms with van der Waals surface area (Å²) in [4.78, 5) is 14.3. The number of hydrogen-bond acceptors (Lipinski definition) is 4. The fourth-order valence-electron chi connectivity index (χ4n) is 0.635. The number of carboxylic acid groups (broad SMARTS) is 1. The van der Waals surface area contributed by atoms with Crippen LogP contribution in [0, 0.1) is 0 Å². The largest absolute Gasteiger partial charge is 0.480 e. The smallest absolute Gasteiger partial charge is 0.322 e. The van der Waals surface area contributed by atoms with E-state index >= 15 is 0 Å². The van der Waals surface area contributed by atoms with Crippen LogP contribution in [0.25, 0.3) is 0 Å². The number of alkyl halides is 1. The molecular weight excluding hydrogens is 214 g/mol. The van der Waals surface area contributed by atoms with E-state index in [0.717, 1.165) is 0 Å². The molecule has 0 bridgehead atoms. The van der Waals surface area contributed by atoms with Crippen LogP contribution in [-0.2, 0) is 11.8 Å². The number of carboxylic acids is 1. The lowest BCUT2D eigenvalue weighted by Gasteiger charge is -2.02. The summed E-state index contributed by atoms with van der Waals surface area (Å²) in [5.41, 5.74) is 0. The minimum absolute atomic E-state index is 0.281. The molecule has 0 amide bonds. The molecule has 1 heterocycles. The first-order chi connectivity index (χ1) is 6.11. The van der Waals surface area contributed by atoms with Crippen molar-refractivity contribution >= 4 is 29.3 Å². The molecule has 5 nitrogen and oxygen atoms in total. The molecule has 72 valence electrons. The van der Waals surface area contributed by atoms with Crippen molar-refractivity contribution in [1.29, 1.82) is 0 Å². The third-order valence-electron chi connectivity index (χ3n) is 1.30. The molecule has 1 N–H and O–H groups in total. The van der Waals surface area contributed by atoms with Crippen LogP contribution in [0.4, 0.5) is 0 Å². The van der Waals surface area contributed by atoms with Crippen molar-refractivity contribution in [3.63, 3.8) is 0 Å². The van der Waals surface area contributed by atoms with Gasteiger partial charge in [0.1, 0.15) is 11.7 Å². The lowest BCUT2D eigenvalue weighted by Crippen LogP contribution is -2.16. The van der Waals surface area contributed by atoms with Crippen LogP contribution in [0.15, 0.2) is 11.5 Å². The molecule has 0 aromatic carbocycles. The molecule has 7 heteroatoms. The number of aryl methyl sites for hydroxylation is 1. The molecule has 0 saturated carbocycles. The van der Waals surface area contributed by atoms with E-state index in [4.69, 9.17) is 16.7 Å². The van der Waals surface area contributed by atoms with Gasteiger partial charge in [-0.2, -0.15) is 5.10 Å². The molecule has 0 aliphatic heterocycles. The Balaban J connectivity index is 2.44. The van der Waals surface area contributed by atoms with E-state index < -0.39 is 11.3 Å². The third-order valence-corrected chi connectivity index (χ3v) is 2.95. The lowest BCUT2D eigenvalue weighted by atomic mass is 10.5. The van der Waals surface area contributed by atoms with Gasteiger partial charge in [-0.15, -0.1) is 11.6 Å². The second-order valence-electron chi connectivity index (χ2n) is 2.28. The first-order valence-corrected chi connectivity index (χ1v) is 4.87. The molecule has 0 radical (unpaired) electrons. The second kappa shape index (κ2) is 4.48. The van der Waals surface area contributed by atoms with Crippen LogP contribution in [0.5, 0.6) is 0 Å². The Morgan fingerprint density at radius 1 is 1.92 bits per heavy atom. The summed E-state index contributed by atoms with van der Waals surface area (Å²) >= 11 is 6.77. The lowest BCUT2D eigenvalue weighted by molar-refractivity contribution is -0.136. The first-order valence-electron chi connectivity index (χ1n) is 3.45. The SMILES string of the molecule is Cn1ncnc1SCC(Cl)C(=O)O. The predicted molar refractivity (Wildman–Crippen MR) is 49.0 cm³/mol. The highest BCUT2D eigenvalue weighted by Crippen LogP contribution is 2.16. The van der Waals surface area contributed by atoms with Crippen molar-refractivity contribution in [3.05, 3.63) is 6.33 Å². The topological polar surface area (TPSA) is 68.0 Å². The van der Waals surface area contributed by atoms with Gasteiger partial charge >= 0.3 is 5.97 Å². The summed E-state index contributed by atoms with van der Waals surface area (Å²) in [6, 6.07) is 0. The number of rotatable bonds is 4. The normalized spacial score (nSPS) is 12.8. The van der Waals surface area contributed by atoms with Gasteiger partial charge in [-0.1, -0.05) is 11.8 Å². The predicted octanol–water partition coefficient (Wildman–Crippen LogP) is 0.599. The van der Waals surface area contributed by atoms with Crippen LogP contribution in [0.3, 0.4) is 0 Å². The fraction of sp³-hybridized carbons (Fsp3) is 0.500. The first kappa shape index (κ1) is 10.3. The average Bonchev–Trinajstić information content (AvgIpc) is 2.47. The molecule has 1 aromatic heterocycles. The highest BCUT2D eigenvalue weighted by atomic mass is 35.5. The van der Waals surface area contributed by atoms with Crippen molar-refractivity contribution in [1.82, 2.24) is 14.8 Å². The Morgan fingerprint density at radius 2 is 2.62 bits per heavy atom. The van der Waals surface area contributed by atoms with Crippen LogP contribution in [0.1, 0.15) is 0 Å². The molecule has 1 atom stereocenters. The third kappa shape index (κ3) is 2.89. The Morgan fingerprint density at radius 3 is 3.08 bits per heavy atom. The molecule has 1 unspecified atom stereocenters. The molecule has 0 aliphatic carbocycles. The quantitative estimate of drug-likeness (QED) is 0.596. The zero-order valence-corrected chi connectivity index (χ0v) is 8.42. The van der Waals surface area contributed by atoms with Gasteiger partial charge in [0, 0.05) is 12.8 Å². The molecule has 1 rings (SSSR count). The Kier molecular flexibility index (Phi) is 3.56. The van der Waals surface area contributed by atoms with Gasteiger partial charge in [-0.3, -0.25) is 4.79 Å². The minimum atomic E-state index is -1.02. The van der Waals surface area contributed by atoms with Crippen LogP contribution >= 0.6 is 23.4 Å². The van der Waals surface area contributed by atoms with Crippen molar-refractivity contribution in [2.24, 2.45) is 7.05 Å². The Bertz CT molecular complexity index is 304. The van der Waals surface area contributed by atoms with E-state index in [1.807, 2.05) is 0 Å². The molecule has 1 aromatic rings. The maximum Gasteiger partial charge on any atom is 0.322 e. The van der Waals surface area contributed by atoms with E-state index in [-0.39, 0.29) is 5.75 Å². The van der Waals surface area contributed by atoms with Gasteiger partial charge in [0.05, 0.1) is 0 Å². The standard InChI is InChI=1S/C6H8ClN3O2S/c1-10-6(8-3-9-10)13-2-4(7)5(11)12/h3-4H,2H2,1H3,(H,11,12). The molecular formula is C6H8ClN3O2S. The summed E-state index contributed by atoms with van der Waals surface area (Å²) in [6.45, 7) is 0. The molecule has 0 aliphatic rings. The maximum atomic E-state index is 10.4. The Hall–Kier alpha value is -0.750. The number of nitrogens with zero attached hydrogens (tertiary/aromatic N) is 3. The van der Waals surface area contributed by atoms with Crippen molar-refractivity contribution in [2.45, 2.75) is 10.5 Å². The minimum Gasteiger partial charge on any atom is -0.480 e. The number of hydrogen-bond donors (Lipinski definition) is 1. The van der Waals surface area contributed by atoms with E-state index in [1.54, 1.807) is 11.7 Å². The number of carbonyl (C=O) groups is 1. The molecule has 13 heavy (non-hydrogen) atoms. The molecule has 0 spiro atoms. The number of halogens is 1. The summed E-state index contributed by atoms with van der Waals surface area (Å²) in [6.07, 6.45) is 1.41. The van der Waals surface area contributed by atoms with Gasteiger partial charge in [-0.05, 0) is 0 Å². The summed E-state index contributed by atoms with van der Waals surface area (Å²) < 4.78 is 1.57. The zero-order chi connectivity index (χ0) is 9.84. The van der Waals surface area contributed by atoms with Gasteiger partial charge in [0.25, 0.3) is 0 Å². The van der Waals surface area contributed by atoms with Crippen molar-refractivity contribution < 1.29 is 9.90 Å². The fourth-order valence-corrected chi connectivity index (χ4v) is 1.62. The van der Waals surface area contributed by atoms with E-state index in [0.29, 0.717) is 5.16 Å². The van der Waals surface area contributed by atoms with Gasteiger partial charge in [0.2, 0.25) is 0 Å². The van der Waals surface area contributed by atoms with E-state index in [2.05, 4.69) is 10.1 Å². The van der Waals surface area contributed by atoms with E-state index in [9.17, 15) is 4.79 Å². The van der Waals surface area contributed by atoms with E-state index in [1.165, 1.54) is 18.1 Å². The Labute approximate surface area is 84.1 Å². The highest BCUT2D eigenvalue weighted by molar-refractivity contribution is 7.99. The number of aliphatic carboxylic acids is 1. The van der Waals surface area contributed by atoms with Crippen LogP contribution in [0.2, 0.25) is 0 Å². The van der Waals surface area contributed by atoms with Gasteiger partial charge in [-0.25, -0.2) is 9.67 Å².